The van der Waals surface area contributed by atoms with Crippen LogP contribution in [0.15, 0.2) is 10.6 Å². The summed E-state index contributed by atoms with van der Waals surface area (Å²) in [5.41, 5.74) is 0.981. The van der Waals surface area contributed by atoms with Gasteiger partial charge in [0.2, 0.25) is 0 Å². The maximum atomic E-state index is 5.30. The second-order valence-electron chi connectivity index (χ2n) is 4.79. The Labute approximate surface area is 97.8 Å². The van der Waals surface area contributed by atoms with Crippen LogP contribution in [0.25, 0.3) is 0 Å². The van der Waals surface area contributed by atoms with E-state index < -0.39 is 0 Å². The molecule has 0 amide bonds. The molecular weight excluding hydrogens is 200 g/mol. The molecule has 3 heteroatoms. The zero-order valence-electron chi connectivity index (χ0n) is 10.4. The van der Waals surface area contributed by atoms with Crippen LogP contribution in [0.5, 0.6) is 0 Å². The SMILES string of the molecule is CCN(Cc1cc(C)no1)C1CCCCC1. The van der Waals surface area contributed by atoms with E-state index in [-0.39, 0.29) is 0 Å². The van der Waals surface area contributed by atoms with E-state index >= 15 is 0 Å². The van der Waals surface area contributed by atoms with Gasteiger partial charge in [0.25, 0.3) is 0 Å². The Morgan fingerprint density at radius 3 is 2.69 bits per heavy atom. The summed E-state index contributed by atoms with van der Waals surface area (Å²) < 4.78 is 5.30. The second-order valence-corrected chi connectivity index (χ2v) is 4.79. The zero-order chi connectivity index (χ0) is 11.4. The summed E-state index contributed by atoms with van der Waals surface area (Å²) in [6.45, 7) is 6.23. The molecule has 1 aromatic heterocycles. The minimum atomic E-state index is 0.754. The first-order valence-corrected chi connectivity index (χ1v) is 6.46. The van der Waals surface area contributed by atoms with Crippen LogP contribution in [0, 0.1) is 6.92 Å². The van der Waals surface area contributed by atoms with Crippen LogP contribution in [0.3, 0.4) is 0 Å². The summed E-state index contributed by atoms with van der Waals surface area (Å²) in [5, 5.41) is 3.95. The quantitative estimate of drug-likeness (QED) is 0.783. The first kappa shape index (κ1) is 11.6. The van der Waals surface area contributed by atoms with Gasteiger partial charge in [-0.05, 0) is 26.3 Å². The summed E-state index contributed by atoms with van der Waals surface area (Å²) in [6, 6.07) is 2.80. The van der Waals surface area contributed by atoms with Crippen molar-refractivity contribution >= 4 is 0 Å². The second kappa shape index (κ2) is 5.48. The lowest BCUT2D eigenvalue weighted by atomic mass is 9.94. The molecule has 1 saturated carbocycles. The summed E-state index contributed by atoms with van der Waals surface area (Å²) in [7, 11) is 0. The molecule has 0 N–H and O–H groups in total. The molecule has 0 unspecified atom stereocenters. The van der Waals surface area contributed by atoms with Gasteiger partial charge in [0.15, 0.2) is 5.76 Å². The van der Waals surface area contributed by atoms with Gasteiger partial charge < -0.3 is 4.52 Å². The van der Waals surface area contributed by atoms with Gasteiger partial charge in [-0.15, -0.1) is 0 Å². The molecule has 0 radical (unpaired) electrons. The van der Waals surface area contributed by atoms with E-state index in [1.165, 1.54) is 32.1 Å². The third-order valence-electron chi connectivity index (χ3n) is 3.53. The lowest BCUT2D eigenvalue weighted by molar-refractivity contribution is 0.141. The van der Waals surface area contributed by atoms with E-state index in [1.807, 2.05) is 13.0 Å². The van der Waals surface area contributed by atoms with Crippen molar-refractivity contribution in [3.63, 3.8) is 0 Å². The van der Waals surface area contributed by atoms with Crippen LogP contribution in [-0.2, 0) is 6.54 Å². The molecule has 90 valence electrons. The van der Waals surface area contributed by atoms with Crippen molar-refractivity contribution in [1.29, 1.82) is 0 Å². The summed E-state index contributed by atoms with van der Waals surface area (Å²) in [4.78, 5) is 2.53. The Hall–Kier alpha value is -0.830. The molecule has 0 atom stereocenters. The first-order chi connectivity index (χ1) is 7.79. The highest BCUT2D eigenvalue weighted by atomic mass is 16.5. The average Bonchev–Trinajstić information content (AvgIpc) is 2.73. The van der Waals surface area contributed by atoms with Crippen LogP contribution in [0.1, 0.15) is 50.5 Å². The van der Waals surface area contributed by atoms with Crippen molar-refractivity contribution in [3.05, 3.63) is 17.5 Å². The summed E-state index contributed by atoms with van der Waals surface area (Å²) in [6.07, 6.45) is 6.88. The lowest BCUT2D eigenvalue weighted by Crippen LogP contribution is -2.35. The van der Waals surface area contributed by atoms with E-state index in [4.69, 9.17) is 4.52 Å². The van der Waals surface area contributed by atoms with Crippen molar-refractivity contribution in [3.8, 4) is 0 Å². The minimum absolute atomic E-state index is 0.754. The van der Waals surface area contributed by atoms with E-state index in [1.54, 1.807) is 0 Å². The molecule has 0 saturated heterocycles. The van der Waals surface area contributed by atoms with Crippen LogP contribution in [-0.4, -0.2) is 22.6 Å². The maximum Gasteiger partial charge on any atom is 0.150 e. The van der Waals surface area contributed by atoms with Crippen molar-refractivity contribution < 1.29 is 4.52 Å². The topological polar surface area (TPSA) is 29.3 Å². The van der Waals surface area contributed by atoms with Gasteiger partial charge in [0.1, 0.15) is 0 Å². The number of aromatic nitrogens is 1. The molecule has 0 aliphatic heterocycles. The molecule has 1 heterocycles. The van der Waals surface area contributed by atoms with Gasteiger partial charge in [-0.3, -0.25) is 4.90 Å². The molecular formula is C13H22N2O. The molecule has 1 aromatic rings. The van der Waals surface area contributed by atoms with Crippen molar-refractivity contribution in [2.45, 2.75) is 58.5 Å². The number of hydrogen-bond donors (Lipinski definition) is 0. The number of nitrogens with zero attached hydrogens (tertiary/aromatic N) is 2. The lowest BCUT2D eigenvalue weighted by Gasteiger charge is -2.32. The molecule has 1 fully saturated rings. The van der Waals surface area contributed by atoms with Crippen molar-refractivity contribution in [2.24, 2.45) is 0 Å². The molecule has 0 spiro atoms. The molecule has 0 aromatic carbocycles. The number of hydrogen-bond acceptors (Lipinski definition) is 3. The fourth-order valence-electron chi connectivity index (χ4n) is 2.64. The van der Waals surface area contributed by atoms with Gasteiger partial charge in [-0.2, -0.15) is 0 Å². The first-order valence-electron chi connectivity index (χ1n) is 6.46. The largest absolute Gasteiger partial charge is 0.360 e. The van der Waals surface area contributed by atoms with E-state index in [0.29, 0.717) is 0 Å². The average molecular weight is 222 g/mol. The number of aryl methyl sites for hydroxylation is 1. The standard InChI is InChI=1S/C13H22N2O/c1-3-15(12-7-5-4-6-8-12)10-13-9-11(2)14-16-13/h9,12H,3-8,10H2,1-2H3. The molecule has 0 bridgehead atoms. The fraction of sp³-hybridized carbons (Fsp3) is 0.769. The van der Waals surface area contributed by atoms with E-state index in [9.17, 15) is 0 Å². The Morgan fingerprint density at radius 2 is 2.12 bits per heavy atom. The Kier molecular flexibility index (Phi) is 3.99. The van der Waals surface area contributed by atoms with Crippen LogP contribution < -0.4 is 0 Å². The molecule has 1 aliphatic rings. The van der Waals surface area contributed by atoms with Gasteiger partial charge >= 0.3 is 0 Å². The normalized spacial score (nSPS) is 18.2. The monoisotopic (exact) mass is 222 g/mol. The summed E-state index contributed by atoms with van der Waals surface area (Å²) >= 11 is 0. The molecule has 3 nitrogen and oxygen atoms in total. The highest BCUT2D eigenvalue weighted by Crippen LogP contribution is 2.23. The van der Waals surface area contributed by atoms with Gasteiger partial charge in [0.05, 0.1) is 12.2 Å². The zero-order valence-corrected chi connectivity index (χ0v) is 10.4. The highest BCUT2D eigenvalue weighted by Gasteiger charge is 2.20. The molecule has 16 heavy (non-hydrogen) atoms. The van der Waals surface area contributed by atoms with Crippen molar-refractivity contribution in [2.75, 3.05) is 6.54 Å². The molecule has 1 aliphatic carbocycles. The van der Waals surface area contributed by atoms with Crippen LogP contribution >= 0.6 is 0 Å². The van der Waals surface area contributed by atoms with Crippen LogP contribution in [0.2, 0.25) is 0 Å². The molecule has 2 rings (SSSR count). The Bertz CT molecular complexity index is 315. The van der Waals surface area contributed by atoms with E-state index in [2.05, 4.69) is 17.0 Å². The highest BCUT2D eigenvalue weighted by molar-refractivity contribution is 5.03. The Balaban J connectivity index is 1.94. The summed E-state index contributed by atoms with van der Waals surface area (Å²) in [5.74, 6) is 1.00. The minimum Gasteiger partial charge on any atom is -0.360 e. The van der Waals surface area contributed by atoms with Gasteiger partial charge in [-0.1, -0.05) is 31.3 Å². The Morgan fingerprint density at radius 1 is 1.38 bits per heavy atom. The van der Waals surface area contributed by atoms with Gasteiger partial charge in [-0.25, -0.2) is 0 Å². The smallest absolute Gasteiger partial charge is 0.150 e. The van der Waals surface area contributed by atoms with Crippen LogP contribution in [0.4, 0.5) is 0 Å². The number of rotatable bonds is 4. The maximum absolute atomic E-state index is 5.30. The fourth-order valence-corrected chi connectivity index (χ4v) is 2.64. The van der Waals surface area contributed by atoms with E-state index in [0.717, 1.165) is 30.6 Å². The predicted molar refractivity (Wildman–Crippen MR) is 64.2 cm³/mol. The van der Waals surface area contributed by atoms with Gasteiger partial charge in [0, 0.05) is 12.1 Å². The third kappa shape index (κ3) is 2.85. The van der Waals surface area contributed by atoms with Crippen molar-refractivity contribution in [1.82, 2.24) is 10.1 Å². The predicted octanol–water partition coefficient (Wildman–Crippen LogP) is 3.14. The third-order valence-corrected chi connectivity index (χ3v) is 3.53.